The maximum Gasteiger partial charge on any atom is 0.260 e. The minimum atomic E-state index is -3.64. The Morgan fingerprint density at radius 1 is 1.44 bits per heavy atom. The summed E-state index contributed by atoms with van der Waals surface area (Å²) in [5.74, 6) is 0.234. The van der Waals surface area contributed by atoms with E-state index in [1.54, 1.807) is 24.4 Å². The van der Waals surface area contributed by atoms with Crippen LogP contribution in [-0.4, -0.2) is 24.3 Å². The van der Waals surface area contributed by atoms with Gasteiger partial charge < -0.3 is 5.73 Å². The third-order valence-electron chi connectivity index (χ3n) is 2.45. The summed E-state index contributed by atoms with van der Waals surface area (Å²) in [6, 6.07) is 5.22. The number of nitrogens with two attached hydrogens (primary N) is 1. The second-order valence-electron chi connectivity index (χ2n) is 4.48. The lowest BCUT2D eigenvalue weighted by Gasteiger charge is -2.08. The van der Waals surface area contributed by atoms with Gasteiger partial charge >= 0.3 is 0 Å². The normalized spacial score (nSPS) is 12.4. The van der Waals surface area contributed by atoms with Crippen LogP contribution in [0.5, 0.6) is 0 Å². The van der Waals surface area contributed by atoms with Crippen LogP contribution in [0.1, 0.15) is 13.8 Å². The zero-order valence-electron chi connectivity index (χ0n) is 10.3. The van der Waals surface area contributed by atoms with E-state index in [1.807, 2.05) is 13.8 Å². The van der Waals surface area contributed by atoms with Gasteiger partial charge in [-0.25, -0.2) is 18.1 Å². The summed E-state index contributed by atoms with van der Waals surface area (Å²) >= 11 is 0. The molecule has 0 aliphatic rings. The number of hydrogen-bond acceptors (Lipinski definition) is 4. The molecule has 0 spiro atoms. The van der Waals surface area contributed by atoms with Crippen molar-refractivity contribution in [2.75, 3.05) is 12.3 Å². The van der Waals surface area contributed by atoms with E-state index < -0.39 is 10.0 Å². The standard InChI is InChI=1S/C11H16N4O2S/c1-8(2)7-13-18(16,17)11-10(12)14-9-5-3-4-6-15(9)11/h3-6,8,13H,7,12H2,1-2H3. The van der Waals surface area contributed by atoms with E-state index >= 15 is 0 Å². The van der Waals surface area contributed by atoms with Gasteiger partial charge in [-0.15, -0.1) is 0 Å². The summed E-state index contributed by atoms with van der Waals surface area (Å²) in [4.78, 5) is 4.03. The molecular formula is C11H16N4O2S. The highest BCUT2D eigenvalue weighted by molar-refractivity contribution is 7.89. The minimum absolute atomic E-state index is 0.00116. The van der Waals surface area contributed by atoms with E-state index in [0.717, 1.165) is 0 Å². The number of pyridine rings is 1. The van der Waals surface area contributed by atoms with E-state index in [0.29, 0.717) is 12.2 Å². The number of fused-ring (bicyclic) bond motifs is 1. The fourth-order valence-corrected chi connectivity index (χ4v) is 3.03. The molecular weight excluding hydrogens is 252 g/mol. The van der Waals surface area contributed by atoms with Crippen LogP contribution in [0, 0.1) is 5.92 Å². The largest absolute Gasteiger partial charge is 0.381 e. The fraction of sp³-hybridized carbons (Fsp3) is 0.364. The number of anilines is 1. The number of sulfonamides is 1. The molecule has 6 nitrogen and oxygen atoms in total. The maximum atomic E-state index is 12.2. The second-order valence-corrected chi connectivity index (χ2v) is 6.16. The second kappa shape index (κ2) is 4.58. The van der Waals surface area contributed by atoms with Crippen LogP contribution in [0.2, 0.25) is 0 Å². The molecule has 0 aromatic carbocycles. The van der Waals surface area contributed by atoms with Crippen molar-refractivity contribution >= 4 is 21.5 Å². The number of nitrogens with one attached hydrogen (secondary N) is 1. The first kappa shape index (κ1) is 12.8. The van der Waals surface area contributed by atoms with Crippen LogP contribution in [0.3, 0.4) is 0 Å². The molecule has 2 heterocycles. The molecule has 3 N–H and O–H groups in total. The average Bonchev–Trinajstić information content (AvgIpc) is 2.63. The number of hydrogen-bond donors (Lipinski definition) is 2. The van der Waals surface area contributed by atoms with Crippen LogP contribution in [0.4, 0.5) is 5.82 Å². The molecule has 2 aromatic rings. The van der Waals surface area contributed by atoms with Crippen molar-refractivity contribution in [2.45, 2.75) is 18.9 Å². The Labute approximate surface area is 106 Å². The van der Waals surface area contributed by atoms with Crippen molar-refractivity contribution < 1.29 is 8.42 Å². The Kier molecular flexibility index (Phi) is 3.27. The van der Waals surface area contributed by atoms with Crippen molar-refractivity contribution in [3.8, 4) is 0 Å². The van der Waals surface area contributed by atoms with Crippen molar-refractivity contribution in [3.63, 3.8) is 0 Å². The van der Waals surface area contributed by atoms with Gasteiger partial charge in [-0.05, 0) is 18.1 Å². The lowest BCUT2D eigenvalue weighted by Crippen LogP contribution is -2.29. The minimum Gasteiger partial charge on any atom is -0.381 e. The first-order valence-electron chi connectivity index (χ1n) is 5.64. The molecule has 0 radical (unpaired) electrons. The summed E-state index contributed by atoms with van der Waals surface area (Å²) in [6.07, 6.45) is 1.63. The number of rotatable bonds is 4. The quantitative estimate of drug-likeness (QED) is 0.860. The fourth-order valence-electron chi connectivity index (χ4n) is 1.60. The van der Waals surface area contributed by atoms with Crippen molar-refractivity contribution in [3.05, 3.63) is 24.4 Å². The zero-order valence-corrected chi connectivity index (χ0v) is 11.1. The molecule has 2 aromatic heterocycles. The van der Waals surface area contributed by atoms with Gasteiger partial charge in [-0.2, -0.15) is 0 Å². The third-order valence-corrected chi connectivity index (χ3v) is 3.91. The summed E-state index contributed by atoms with van der Waals surface area (Å²) in [7, 11) is -3.64. The summed E-state index contributed by atoms with van der Waals surface area (Å²) in [6.45, 7) is 4.22. The molecule has 0 unspecified atom stereocenters. The lowest BCUT2D eigenvalue weighted by atomic mass is 10.2. The molecule has 7 heteroatoms. The lowest BCUT2D eigenvalue weighted by molar-refractivity contribution is 0.556. The Balaban J connectivity index is 2.50. The van der Waals surface area contributed by atoms with Gasteiger partial charge in [-0.1, -0.05) is 19.9 Å². The zero-order chi connectivity index (χ0) is 13.3. The van der Waals surface area contributed by atoms with Gasteiger partial charge in [0, 0.05) is 12.7 Å². The SMILES string of the molecule is CC(C)CNS(=O)(=O)c1c(N)nc2ccccn12. The van der Waals surface area contributed by atoms with Crippen LogP contribution >= 0.6 is 0 Å². The molecule has 2 rings (SSSR count). The molecule has 0 aliphatic heterocycles. The van der Waals surface area contributed by atoms with E-state index in [-0.39, 0.29) is 16.8 Å². The molecule has 0 aliphatic carbocycles. The molecule has 0 atom stereocenters. The highest BCUT2D eigenvalue weighted by atomic mass is 32.2. The van der Waals surface area contributed by atoms with Crippen LogP contribution in [-0.2, 0) is 10.0 Å². The topological polar surface area (TPSA) is 89.5 Å². The van der Waals surface area contributed by atoms with E-state index in [4.69, 9.17) is 5.73 Å². The van der Waals surface area contributed by atoms with Gasteiger partial charge in [0.15, 0.2) is 10.8 Å². The Morgan fingerprint density at radius 3 is 2.83 bits per heavy atom. The van der Waals surface area contributed by atoms with E-state index in [1.165, 1.54) is 4.40 Å². The van der Waals surface area contributed by atoms with Gasteiger partial charge in [0.1, 0.15) is 5.65 Å². The van der Waals surface area contributed by atoms with Crippen LogP contribution in [0.25, 0.3) is 5.65 Å². The van der Waals surface area contributed by atoms with Crippen LogP contribution in [0.15, 0.2) is 29.4 Å². The monoisotopic (exact) mass is 268 g/mol. The Hall–Kier alpha value is -1.60. The molecule has 0 saturated carbocycles. The van der Waals surface area contributed by atoms with Crippen molar-refractivity contribution in [2.24, 2.45) is 5.92 Å². The summed E-state index contributed by atoms with van der Waals surface area (Å²) in [5, 5.41) is -0.00116. The molecule has 98 valence electrons. The number of imidazole rings is 1. The predicted octanol–water partition coefficient (Wildman–Crippen LogP) is 0.851. The molecule has 0 fully saturated rings. The smallest absolute Gasteiger partial charge is 0.260 e. The number of nitrogens with zero attached hydrogens (tertiary/aromatic N) is 2. The first-order valence-corrected chi connectivity index (χ1v) is 7.12. The highest BCUT2D eigenvalue weighted by Crippen LogP contribution is 2.19. The van der Waals surface area contributed by atoms with Gasteiger partial charge in [0.05, 0.1) is 0 Å². The van der Waals surface area contributed by atoms with E-state index in [9.17, 15) is 8.42 Å². The Morgan fingerprint density at radius 2 is 2.17 bits per heavy atom. The van der Waals surface area contributed by atoms with Crippen molar-refractivity contribution in [1.29, 1.82) is 0 Å². The van der Waals surface area contributed by atoms with Gasteiger partial charge in [0.25, 0.3) is 10.0 Å². The predicted molar refractivity (Wildman–Crippen MR) is 69.6 cm³/mol. The summed E-state index contributed by atoms with van der Waals surface area (Å²) < 4.78 is 28.4. The summed E-state index contributed by atoms with van der Waals surface area (Å²) in [5.41, 5.74) is 6.21. The third kappa shape index (κ3) is 2.32. The average molecular weight is 268 g/mol. The molecule has 18 heavy (non-hydrogen) atoms. The van der Waals surface area contributed by atoms with Crippen molar-refractivity contribution in [1.82, 2.24) is 14.1 Å². The molecule has 0 amide bonds. The van der Waals surface area contributed by atoms with Gasteiger partial charge in [0.2, 0.25) is 0 Å². The number of nitrogen functional groups attached to an aromatic ring is 1. The maximum absolute atomic E-state index is 12.2. The van der Waals surface area contributed by atoms with Crippen LogP contribution < -0.4 is 10.5 Å². The van der Waals surface area contributed by atoms with E-state index in [2.05, 4.69) is 9.71 Å². The molecule has 0 bridgehead atoms. The Bertz CT molecular complexity index is 661. The highest BCUT2D eigenvalue weighted by Gasteiger charge is 2.23. The first-order chi connectivity index (χ1) is 8.42. The number of aromatic nitrogens is 2. The van der Waals surface area contributed by atoms with Gasteiger partial charge in [-0.3, -0.25) is 4.40 Å². The molecule has 0 saturated heterocycles.